The second kappa shape index (κ2) is 10.3. The van der Waals surface area contributed by atoms with Crippen LogP contribution in [0, 0.1) is 11.8 Å². The number of rotatable bonds is 9. The number of carbonyl (C=O) groups is 2. The fraction of sp³-hybridized carbons (Fsp3) is 0.900. The highest BCUT2D eigenvalue weighted by atomic mass is 16.2. The van der Waals surface area contributed by atoms with E-state index in [2.05, 4.69) is 34.4 Å². The first kappa shape index (κ1) is 21.2. The van der Waals surface area contributed by atoms with Crippen molar-refractivity contribution < 1.29 is 9.59 Å². The minimum Gasteiger partial charge on any atom is -0.354 e. The second-order valence-electron chi connectivity index (χ2n) is 8.76. The summed E-state index contributed by atoms with van der Waals surface area (Å²) in [5.74, 6) is 1.36. The zero-order chi connectivity index (χ0) is 19.1. The van der Waals surface area contributed by atoms with Crippen LogP contribution in [0.3, 0.4) is 0 Å². The molecule has 0 aliphatic carbocycles. The van der Waals surface area contributed by atoms with Crippen molar-refractivity contribution in [3.8, 4) is 0 Å². The van der Waals surface area contributed by atoms with Crippen LogP contribution < -0.4 is 10.6 Å². The van der Waals surface area contributed by atoms with Gasteiger partial charge in [-0.25, -0.2) is 0 Å². The Bertz CT molecular complexity index is 469. The minimum atomic E-state index is 0.171. The molecule has 0 spiro atoms. The average molecular weight is 367 g/mol. The van der Waals surface area contributed by atoms with Gasteiger partial charge in [-0.05, 0) is 72.0 Å². The fourth-order valence-corrected chi connectivity index (χ4v) is 4.16. The number of hydrogen-bond acceptors (Lipinski definition) is 4. The molecule has 2 N–H and O–H groups in total. The minimum absolute atomic E-state index is 0.171. The third-order valence-electron chi connectivity index (χ3n) is 5.54. The number of amides is 2. The molecule has 2 saturated heterocycles. The highest BCUT2D eigenvalue weighted by molar-refractivity contribution is 5.76. The number of nitrogens with zero attached hydrogens (tertiary/aromatic N) is 2. The lowest BCUT2D eigenvalue weighted by molar-refractivity contribution is -0.123. The second-order valence-corrected chi connectivity index (χ2v) is 8.76. The molecule has 0 aromatic heterocycles. The van der Waals surface area contributed by atoms with Crippen molar-refractivity contribution in [3.05, 3.63) is 0 Å². The van der Waals surface area contributed by atoms with Crippen LogP contribution in [0.15, 0.2) is 0 Å². The van der Waals surface area contributed by atoms with Crippen LogP contribution in [0.1, 0.15) is 52.9 Å². The Hall–Kier alpha value is -1.14. The molecule has 0 bridgehead atoms. The molecular formula is C20H38N4O2. The van der Waals surface area contributed by atoms with E-state index >= 15 is 0 Å². The molecular weight excluding hydrogens is 328 g/mol. The van der Waals surface area contributed by atoms with Gasteiger partial charge in [0.25, 0.3) is 0 Å². The largest absolute Gasteiger partial charge is 0.354 e. The van der Waals surface area contributed by atoms with Gasteiger partial charge in [-0.15, -0.1) is 0 Å². The average Bonchev–Trinajstić information content (AvgIpc) is 3.13. The molecule has 3 unspecified atom stereocenters. The lowest BCUT2D eigenvalue weighted by atomic mass is 10.0. The first-order chi connectivity index (χ1) is 12.3. The van der Waals surface area contributed by atoms with E-state index in [1.165, 1.54) is 0 Å². The first-order valence-electron chi connectivity index (χ1n) is 10.3. The first-order valence-corrected chi connectivity index (χ1v) is 10.3. The molecule has 2 aliphatic heterocycles. The van der Waals surface area contributed by atoms with Gasteiger partial charge >= 0.3 is 0 Å². The van der Waals surface area contributed by atoms with Crippen LogP contribution >= 0.6 is 0 Å². The standard InChI is InChI=1S/C20H38N4O2/c1-15(2)21-19(25)12-18-7-10-24(14-18)9-5-16(3)22-20(26)11-17-6-8-23(4)13-17/h15-18H,5-14H2,1-4H3,(H,21,25)(H,22,26). The summed E-state index contributed by atoms with van der Waals surface area (Å²) in [6.07, 6.45) is 4.50. The maximum atomic E-state index is 12.2. The molecule has 2 rings (SSSR count). The molecule has 0 saturated carbocycles. The van der Waals surface area contributed by atoms with Gasteiger partial charge in [0, 0.05) is 44.6 Å². The molecule has 0 aromatic rings. The van der Waals surface area contributed by atoms with Crippen molar-refractivity contribution in [3.63, 3.8) is 0 Å². The van der Waals surface area contributed by atoms with Gasteiger partial charge in [0.2, 0.25) is 11.8 Å². The van der Waals surface area contributed by atoms with Gasteiger partial charge in [-0.3, -0.25) is 9.59 Å². The smallest absolute Gasteiger partial charge is 0.220 e. The van der Waals surface area contributed by atoms with E-state index in [1.54, 1.807) is 0 Å². The Morgan fingerprint density at radius 2 is 1.58 bits per heavy atom. The summed E-state index contributed by atoms with van der Waals surface area (Å²) in [5, 5.41) is 6.14. The van der Waals surface area contributed by atoms with Gasteiger partial charge in [0.1, 0.15) is 0 Å². The van der Waals surface area contributed by atoms with E-state index in [1.807, 2.05) is 13.8 Å². The monoisotopic (exact) mass is 366 g/mol. The van der Waals surface area contributed by atoms with Gasteiger partial charge < -0.3 is 20.4 Å². The van der Waals surface area contributed by atoms with E-state index in [4.69, 9.17) is 0 Å². The summed E-state index contributed by atoms with van der Waals surface area (Å²) in [6.45, 7) is 11.3. The highest BCUT2D eigenvalue weighted by Gasteiger charge is 2.25. The predicted molar refractivity (Wildman–Crippen MR) is 105 cm³/mol. The van der Waals surface area contributed by atoms with E-state index in [9.17, 15) is 9.59 Å². The zero-order valence-electron chi connectivity index (χ0n) is 17.1. The predicted octanol–water partition coefficient (Wildman–Crippen LogP) is 1.46. The topological polar surface area (TPSA) is 64.7 Å². The normalized spacial score (nSPS) is 25.6. The Kier molecular flexibility index (Phi) is 8.35. The maximum Gasteiger partial charge on any atom is 0.220 e. The maximum absolute atomic E-state index is 12.2. The Balaban J connectivity index is 1.58. The molecule has 2 fully saturated rings. The molecule has 2 heterocycles. The third-order valence-corrected chi connectivity index (χ3v) is 5.54. The zero-order valence-corrected chi connectivity index (χ0v) is 17.1. The Morgan fingerprint density at radius 1 is 0.962 bits per heavy atom. The van der Waals surface area contributed by atoms with Crippen molar-refractivity contribution in [2.24, 2.45) is 11.8 Å². The molecule has 6 nitrogen and oxygen atoms in total. The summed E-state index contributed by atoms with van der Waals surface area (Å²) in [4.78, 5) is 28.8. The molecule has 0 aromatic carbocycles. The third kappa shape index (κ3) is 7.62. The Labute approximate surface area is 159 Å². The quantitative estimate of drug-likeness (QED) is 0.648. The van der Waals surface area contributed by atoms with Gasteiger partial charge in [0.15, 0.2) is 0 Å². The summed E-state index contributed by atoms with van der Waals surface area (Å²) in [6, 6.07) is 0.430. The fourth-order valence-electron chi connectivity index (χ4n) is 4.16. The number of likely N-dealkylation sites (tertiary alicyclic amines) is 2. The summed E-state index contributed by atoms with van der Waals surface area (Å²) in [7, 11) is 2.12. The number of nitrogens with one attached hydrogen (secondary N) is 2. The van der Waals surface area contributed by atoms with E-state index in [-0.39, 0.29) is 23.9 Å². The van der Waals surface area contributed by atoms with Crippen molar-refractivity contribution in [1.82, 2.24) is 20.4 Å². The van der Waals surface area contributed by atoms with E-state index < -0.39 is 0 Å². The van der Waals surface area contributed by atoms with Crippen LogP contribution in [0.4, 0.5) is 0 Å². The van der Waals surface area contributed by atoms with E-state index in [0.29, 0.717) is 24.7 Å². The van der Waals surface area contributed by atoms with E-state index in [0.717, 1.165) is 52.0 Å². The SMILES string of the molecule is CC(C)NC(=O)CC1CCN(CCC(C)NC(=O)CC2CCN(C)C2)C1. The molecule has 150 valence electrons. The van der Waals surface area contributed by atoms with Crippen LogP contribution in [0.5, 0.6) is 0 Å². The molecule has 26 heavy (non-hydrogen) atoms. The molecule has 2 amide bonds. The van der Waals surface area contributed by atoms with Crippen molar-refractivity contribution in [2.45, 2.75) is 65.0 Å². The highest BCUT2D eigenvalue weighted by Crippen LogP contribution is 2.20. The van der Waals surface area contributed by atoms with Crippen LogP contribution in [0.2, 0.25) is 0 Å². The van der Waals surface area contributed by atoms with Crippen molar-refractivity contribution in [1.29, 1.82) is 0 Å². The van der Waals surface area contributed by atoms with Crippen molar-refractivity contribution in [2.75, 3.05) is 39.8 Å². The summed E-state index contributed by atoms with van der Waals surface area (Å²) < 4.78 is 0. The number of hydrogen-bond donors (Lipinski definition) is 2. The van der Waals surface area contributed by atoms with Crippen LogP contribution in [0.25, 0.3) is 0 Å². The molecule has 6 heteroatoms. The molecule has 0 radical (unpaired) electrons. The number of carbonyl (C=O) groups excluding carboxylic acids is 2. The van der Waals surface area contributed by atoms with Gasteiger partial charge in [-0.1, -0.05) is 0 Å². The lowest BCUT2D eigenvalue weighted by Crippen LogP contribution is -2.37. The Morgan fingerprint density at radius 3 is 2.19 bits per heavy atom. The van der Waals surface area contributed by atoms with Crippen LogP contribution in [-0.4, -0.2) is 73.5 Å². The summed E-state index contributed by atoms with van der Waals surface area (Å²) >= 11 is 0. The van der Waals surface area contributed by atoms with Gasteiger partial charge in [0.05, 0.1) is 0 Å². The van der Waals surface area contributed by atoms with Gasteiger partial charge in [-0.2, -0.15) is 0 Å². The van der Waals surface area contributed by atoms with Crippen molar-refractivity contribution >= 4 is 11.8 Å². The molecule has 2 aliphatic rings. The van der Waals surface area contributed by atoms with Crippen LogP contribution in [-0.2, 0) is 9.59 Å². The summed E-state index contributed by atoms with van der Waals surface area (Å²) in [5.41, 5.74) is 0. The molecule has 3 atom stereocenters. The lowest BCUT2D eigenvalue weighted by Gasteiger charge is -2.20.